The van der Waals surface area contributed by atoms with Gasteiger partial charge < -0.3 is 11.1 Å². The van der Waals surface area contributed by atoms with Crippen molar-refractivity contribution in [3.63, 3.8) is 0 Å². The van der Waals surface area contributed by atoms with Crippen LogP contribution in [0, 0.1) is 6.92 Å². The topological polar surface area (TPSA) is 80.9 Å². The van der Waals surface area contributed by atoms with Gasteiger partial charge in [-0.15, -0.1) is 0 Å². The summed E-state index contributed by atoms with van der Waals surface area (Å²) >= 11 is 0. The predicted octanol–water partition coefficient (Wildman–Crippen LogP) is 1.30. The molecule has 1 heterocycles. The first-order chi connectivity index (χ1) is 8.68. The molecule has 0 radical (unpaired) electrons. The maximum Gasteiger partial charge on any atom is 0.253 e. The zero-order valence-electron chi connectivity index (χ0n) is 10.1. The molecule has 1 aromatic heterocycles. The Labute approximate surface area is 105 Å². The van der Waals surface area contributed by atoms with Gasteiger partial charge in [-0.05, 0) is 24.6 Å². The Kier molecular flexibility index (Phi) is 3.52. The first kappa shape index (κ1) is 12.0. The molecule has 5 nitrogen and oxygen atoms in total. The van der Waals surface area contributed by atoms with Crippen LogP contribution in [0.5, 0.6) is 0 Å². The first-order valence-electron chi connectivity index (χ1n) is 5.56. The molecule has 0 saturated carbocycles. The number of hydrogen-bond acceptors (Lipinski definition) is 4. The van der Waals surface area contributed by atoms with Crippen molar-refractivity contribution in [2.75, 3.05) is 5.73 Å². The zero-order valence-corrected chi connectivity index (χ0v) is 10.1. The Bertz CT molecular complexity index is 534. The number of nitrogen functional groups attached to an aromatic ring is 1. The summed E-state index contributed by atoms with van der Waals surface area (Å²) in [5.74, 6) is -0.191. The number of nitrogens with zero attached hydrogens (tertiary/aromatic N) is 2. The van der Waals surface area contributed by atoms with E-state index in [1.54, 1.807) is 18.3 Å². The number of anilines is 1. The van der Waals surface area contributed by atoms with Gasteiger partial charge in [0.15, 0.2) is 0 Å². The molecular formula is C13H14N4O. The maximum atomic E-state index is 12.0. The van der Waals surface area contributed by atoms with E-state index in [0.29, 0.717) is 17.8 Å². The van der Waals surface area contributed by atoms with E-state index in [1.165, 1.54) is 6.33 Å². The molecule has 1 amide bonds. The highest BCUT2D eigenvalue weighted by atomic mass is 16.1. The Hall–Kier alpha value is -2.43. The highest BCUT2D eigenvalue weighted by molar-refractivity contribution is 6.00. The Morgan fingerprint density at radius 3 is 2.89 bits per heavy atom. The molecule has 2 rings (SSSR count). The number of nitrogens with one attached hydrogen (secondary N) is 1. The summed E-state index contributed by atoms with van der Waals surface area (Å²) in [6.07, 6.45) is 3.08. The average molecular weight is 242 g/mol. The molecule has 92 valence electrons. The standard InChI is InChI=1S/C13H14N4O/c1-9-3-2-4-11(14)12(9)13(18)16-7-10-5-6-15-8-17-10/h2-6,8H,7,14H2,1H3,(H,16,18). The molecule has 0 spiro atoms. The number of nitrogens with two attached hydrogens (primary N) is 1. The van der Waals surface area contributed by atoms with Crippen molar-refractivity contribution >= 4 is 11.6 Å². The van der Waals surface area contributed by atoms with Crippen molar-refractivity contribution < 1.29 is 4.79 Å². The van der Waals surface area contributed by atoms with Crippen molar-refractivity contribution in [1.82, 2.24) is 15.3 Å². The third-order valence-corrected chi connectivity index (χ3v) is 2.61. The quantitative estimate of drug-likeness (QED) is 0.795. The molecule has 0 aliphatic rings. The molecule has 0 bridgehead atoms. The van der Waals surface area contributed by atoms with Crippen molar-refractivity contribution in [1.29, 1.82) is 0 Å². The Balaban J connectivity index is 2.09. The van der Waals surface area contributed by atoms with Gasteiger partial charge in [0.05, 0.1) is 17.8 Å². The fraction of sp³-hybridized carbons (Fsp3) is 0.154. The molecule has 0 saturated heterocycles. The van der Waals surface area contributed by atoms with Gasteiger partial charge in [-0.1, -0.05) is 12.1 Å². The smallest absolute Gasteiger partial charge is 0.253 e. The summed E-state index contributed by atoms with van der Waals surface area (Å²) in [5.41, 5.74) is 8.42. The number of carbonyl (C=O) groups excluding carboxylic acids is 1. The normalized spacial score (nSPS) is 10.1. The van der Waals surface area contributed by atoms with Gasteiger partial charge in [0.1, 0.15) is 6.33 Å². The number of rotatable bonds is 3. The third-order valence-electron chi connectivity index (χ3n) is 2.61. The van der Waals surface area contributed by atoms with Crippen LogP contribution < -0.4 is 11.1 Å². The number of carbonyl (C=O) groups is 1. The molecule has 2 aromatic rings. The lowest BCUT2D eigenvalue weighted by Gasteiger charge is -2.09. The fourth-order valence-electron chi connectivity index (χ4n) is 1.68. The lowest BCUT2D eigenvalue weighted by molar-refractivity contribution is 0.0950. The second kappa shape index (κ2) is 5.27. The van der Waals surface area contributed by atoms with E-state index in [-0.39, 0.29) is 5.91 Å². The maximum absolute atomic E-state index is 12.0. The molecule has 0 unspecified atom stereocenters. The minimum Gasteiger partial charge on any atom is -0.398 e. The SMILES string of the molecule is Cc1cccc(N)c1C(=O)NCc1ccncn1. The van der Waals surface area contributed by atoms with Crippen LogP contribution >= 0.6 is 0 Å². The summed E-state index contributed by atoms with van der Waals surface area (Å²) in [5, 5.41) is 2.79. The summed E-state index contributed by atoms with van der Waals surface area (Å²) in [6, 6.07) is 7.15. The minimum absolute atomic E-state index is 0.191. The van der Waals surface area contributed by atoms with E-state index in [9.17, 15) is 4.79 Å². The van der Waals surface area contributed by atoms with Crippen molar-refractivity contribution in [2.45, 2.75) is 13.5 Å². The van der Waals surface area contributed by atoms with Crippen molar-refractivity contribution in [3.05, 3.63) is 53.6 Å². The summed E-state index contributed by atoms with van der Waals surface area (Å²) < 4.78 is 0. The van der Waals surface area contributed by atoms with Gasteiger partial charge in [0, 0.05) is 11.9 Å². The number of hydrogen-bond donors (Lipinski definition) is 2. The van der Waals surface area contributed by atoms with Crippen LogP contribution in [0.25, 0.3) is 0 Å². The number of amides is 1. The molecule has 5 heteroatoms. The molecule has 0 fully saturated rings. The van der Waals surface area contributed by atoms with E-state index in [0.717, 1.165) is 11.3 Å². The highest BCUT2D eigenvalue weighted by Gasteiger charge is 2.11. The molecule has 18 heavy (non-hydrogen) atoms. The molecular weight excluding hydrogens is 228 g/mol. The van der Waals surface area contributed by atoms with Gasteiger partial charge in [0.25, 0.3) is 5.91 Å². The fourth-order valence-corrected chi connectivity index (χ4v) is 1.68. The van der Waals surface area contributed by atoms with Gasteiger partial charge >= 0.3 is 0 Å². The first-order valence-corrected chi connectivity index (χ1v) is 5.56. The zero-order chi connectivity index (χ0) is 13.0. The Morgan fingerprint density at radius 2 is 2.22 bits per heavy atom. The summed E-state index contributed by atoms with van der Waals surface area (Å²) in [4.78, 5) is 19.9. The number of aryl methyl sites for hydroxylation is 1. The van der Waals surface area contributed by atoms with Crippen LogP contribution in [0.15, 0.2) is 36.8 Å². The predicted molar refractivity (Wildman–Crippen MR) is 68.8 cm³/mol. The molecule has 0 aliphatic heterocycles. The highest BCUT2D eigenvalue weighted by Crippen LogP contribution is 2.15. The molecule has 0 atom stereocenters. The van der Waals surface area contributed by atoms with E-state index in [2.05, 4.69) is 15.3 Å². The molecule has 3 N–H and O–H groups in total. The van der Waals surface area contributed by atoms with Crippen LogP contribution in [0.2, 0.25) is 0 Å². The third kappa shape index (κ3) is 2.63. The summed E-state index contributed by atoms with van der Waals surface area (Å²) in [6.45, 7) is 2.21. The van der Waals surface area contributed by atoms with Crippen LogP contribution in [-0.4, -0.2) is 15.9 Å². The van der Waals surface area contributed by atoms with E-state index in [1.807, 2.05) is 19.1 Å². The van der Waals surface area contributed by atoms with Crippen molar-refractivity contribution in [2.24, 2.45) is 0 Å². The van der Waals surface area contributed by atoms with Crippen LogP contribution in [0.3, 0.4) is 0 Å². The number of benzene rings is 1. The largest absolute Gasteiger partial charge is 0.398 e. The van der Waals surface area contributed by atoms with Gasteiger partial charge in [0.2, 0.25) is 0 Å². The van der Waals surface area contributed by atoms with Crippen molar-refractivity contribution in [3.8, 4) is 0 Å². The monoisotopic (exact) mass is 242 g/mol. The lowest BCUT2D eigenvalue weighted by Crippen LogP contribution is -2.25. The van der Waals surface area contributed by atoms with Gasteiger partial charge in [-0.3, -0.25) is 4.79 Å². The minimum atomic E-state index is -0.191. The second-order valence-corrected chi connectivity index (χ2v) is 3.92. The van der Waals surface area contributed by atoms with E-state index >= 15 is 0 Å². The Morgan fingerprint density at radius 1 is 1.39 bits per heavy atom. The summed E-state index contributed by atoms with van der Waals surface area (Å²) in [7, 11) is 0. The molecule has 1 aromatic carbocycles. The lowest BCUT2D eigenvalue weighted by atomic mass is 10.1. The van der Waals surface area contributed by atoms with Crippen LogP contribution in [-0.2, 0) is 6.54 Å². The average Bonchev–Trinajstić information content (AvgIpc) is 2.37. The van der Waals surface area contributed by atoms with Gasteiger partial charge in [-0.25, -0.2) is 9.97 Å². The van der Waals surface area contributed by atoms with Crippen LogP contribution in [0.1, 0.15) is 21.6 Å². The van der Waals surface area contributed by atoms with E-state index < -0.39 is 0 Å². The second-order valence-electron chi connectivity index (χ2n) is 3.92. The molecule has 0 aliphatic carbocycles. The van der Waals surface area contributed by atoms with Gasteiger partial charge in [-0.2, -0.15) is 0 Å². The van der Waals surface area contributed by atoms with Crippen LogP contribution in [0.4, 0.5) is 5.69 Å². The number of aromatic nitrogens is 2. The van der Waals surface area contributed by atoms with E-state index in [4.69, 9.17) is 5.73 Å².